The Bertz CT molecular complexity index is 1470. The molecule has 0 saturated carbocycles. The number of allylic oxidation sites excluding steroid dienone is 4. The highest BCUT2D eigenvalue weighted by atomic mass is 35.5. The van der Waals surface area contributed by atoms with E-state index in [1.165, 1.54) is 56.8 Å². The molecule has 1 aliphatic carbocycles. The minimum absolute atomic E-state index is 0.219. The summed E-state index contributed by atoms with van der Waals surface area (Å²) in [7, 11) is 0. The van der Waals surface area contributed by atoms with Crippen molar-refractivity contribution in [3.05, 3.63) is 88.4 Å². The number of benzene rings is 3. The minimum atomic E-state index is -0.299. The van der Waals surface area contributed by atoms with Crippen molar-refractivity contribution in [2.24, 2.45) is 0 Å². The predicted octanol–water partition coefficient (Wildman–Crippen LogP) is 11.1. The molecule has 0 spiro atoms. The van der Waals surface area contributed by atoms with Crippen LogP contribution in [0.1, 0.15) is 83.6 Å². The zero-order chi connectivity index (χ0) is 31.3. The summed E-state index contributed by atoms with van der Waals surface area (Å²) in [6, 6.07) is 17.1. The van der Waals surface area contributed by atoms with Gasteiger partial charge in [-0.2, -0.15) is 0 Å². The number of halogens is 2. The molecule has 0 atom stereocenters. The van der Waals surface area contributed by atoms with Crippen molar-refractivity contribution < 1.29 is 19.1 Å². The molecule has 0 aliphatic heterocycles. The van der Waals surface area contributed by atoms with Crippen molar-refractivity contribution in [2.75, 3.05) is 13.2 Å². The lowest BCUT2D eigenvalue weighted by atomic mass is 9.87. The van der Waals surface area contributed by atoms with Gasteiger partial charge < -0.3 is 9.47 Å². The third kappa shape index (κ3) is 9.09. The fourth-order valence-corrected chi connectivity index (χ4v) is 5.99. The number of carbonyl (C=O) groups is 2. The molecule has 0 radical (unpaired) electrons. The number of hydrogen-bond donors (Lipinski definition) is 0. The van der Waals surface area contributed by atoms with Gasteiger partial charge in [0.1, 0.15) is 11.5 Å². The maximum atomic E-state index is 13.1. The van der Waals surface area contributed by atoms with E-state index >= 15 is 0 Å². The van der Waals surface area contributed by atoms with Gasteiger partial charge in [-0.05, 0) is 72.5 Å². The largest absolute Gasteiger partial charge is 0.494 e. The molecule has 0 fully saturated rings. The molecule has 0 N–H and O–H groups in total. The van der Waals surface area contributed by atoms with E-state index in [1.807, 2.05) is 54.6 Å². The second-order valence-corrected chi connectivity index (χ2v) is 12.0. The first-order valence-electron chi connectivity index (χ1n) is 15.9. The van der Waals surface area contributed by atoms with Crippen LogP contribution in [0.15, 0.2) is 72.8 Å². The quantitative estimate of drug-likeness (QED) is 0.110. The SMILES string of the molecule is CCCCCCCOc1ccc(-c2cc(Cl)c(-c3ccc(OCCCCCCC)cc3)c(C3=CC(=O)C=CC3=O)c2Cl)cc1. The summed E-state index contributed by atoms with van der Waals surface area (Å²) in [6.07, 6.45) is 15.6. The van der Waals surface area contributed by atoms with Crippen LogP contribution in [-0.2, 0) is 9.59 Å². The van der Waals surface area contributed by atoms with E-state index in [2.05, 4.69) is 13.8 Å². The Hall–Kier alpha value is -3.34. The monoisotopic (exact) mass is 632 g/mol. The van der Waals surface area contributed by atoms with Gasteiger partial charge in [0.25, 0.3) is 0 Å². The molecule has 0 heterocycles. The number of carbonyl (C=O) groups excluding carboxylic acids is 2. The van der Waals surface area contributed by atoms with E-state index in [1.54, 1.807) is 0 Å². The summed E-state index contributed by atoms with van der Waals surface area (Å²) in [5.41, 5.74) is 3.52. The summed E-state index contributed by atoms with van der Waals surface area (Å²) in [6.45, 7) is 5.75. The van der Waals surface area contributed by atoms with Crippen LogP contribution in [-0.4, -0.2) is 24.8 Å². The number of hydrogen-bond acceptors (Lipinski definition) is 4. The van der Waals surface area contributed by atoms with Gasteiger partial charge >= 0.3 is 0 Å². The Balaban J connectivity index is 1.61. The molecule has 0 bridgehead atoms. The fourth-order valence-electron chi connectivity index (χ4n) is 5.32. The van der Waals surface area contributed by atoms with Crippen molar-refractivity contribution in [3.63, 3.8) is 0 Å². The van der Waals surface area contributed by atoms with Gasteiger partial charge in [0.15, 0.2) is 11.6 Å². The van der Waals surface area contributed by atoms with Crippen molar-refractivity contribution in [2.45, 2.75) is 78.1 Å². The molecule has 44 heavy (non-hydrogen) atoms. The Morgan fingerprint density at radius 3 is 1.68 bits per heavy atom. The lowest BCUT2D eigenvalue weighted by Crippen LogP contribution is -2.09. The second kappa shape index (κ2) is 17.2. The average molecular weight is 634 g/mol. The van der Waals surface area contributed by atoms with Gasteiger partial charge in [-0.15, -0.1) is 0 Å². The smallest absolute Gasteiger partial charge is 0.186 e. The molecular weight excluding hydrogens is 591 g/mol. The Morgan fingerprint density at radius 2 is 1.14 bits per heavy atom. The normalized spacial score (nSPS) is 12.9. The van der Waals surface area contributed by atoms with Crippen LogP contribution in [0, 0.1) is 0 Å². The van der Waals surface area contributed by atoms with Crippen LogP contribution >= 0.6 is 23.2 Å². The molecule has 1 aliphatic rings. The molecule has 4 nitrogen and oxygen atoms in total. The number of ether oxygens (including phenoxy) is 2. The number of rotatable bonds is 17. The summed E-state index contributed by atoms with van der Waals surface area (Å²) in [5.74, 6) is 0.972. The van der Waals surface area contributed by atoms with Gasteiger partial charge in [-0.3, -0.25) is 9.59 Å². The topological polar surface area (TPSA) is 52.6 Å². The maximum absolute atomic E-state index is 13.1. The van der Waals surface area contributed by atoms with Gasteiger partial charge in [0.05, 0.1) is 18.2 Å². The molecule has 0 saturated heterocycles. The molecule has 3 aromatic rings. The first-order chi connectivity index (χ1) is 21.4. The van der Waals surface area contributed by atoms with E-state index in [9.17, 15) is 9.59 Å². The van der Waals surface area contributed by atoms with Crippen molar-refractivity contribution >= 4 is 40.3 Å². The summed E-state index contributed by atoms with van der Waals surface area (Å²) in [5, 5.41) is 0.774. The first-order valence-corrected chi connectivity index (χ1v) is 16.7. The zero-order valence-corrected chi connectivity index (χ0v) is 27.3. The third-order valence-corrected chi connectivity index (χ3v) is 8.47. The van der Waals surface area contributed by atoms with Gasteiger partial charge in [-0.25, -0.2) is 0 Å². The average Bonchev–Trinajstić information content (AvgIpc) is 3.03. The molecular formula is C38H42Cl2O4. The fraction of sp³-hybridized carbons (Fsp3) is 0.368. The standard InChI is InChI=1S/C38H42Cl2O4/c1-3-5-7-9-11-23-43-30-18-13-27(14-19-30)32-26-34(39)36(37(38(32)40)33-25-29(41)17-22-35(33)42)28-15-20-31(21-16-28)44-24-12-10-8-6-4-2/h13-22,25-26H,3-12,23-24H2,1-2H3. The molecule has 0 amide bonds. The first kappa shape index (κ1) is 33.6. The molecule has 0 unspecified atom stereocenters. The summed E-state index contributed by atoms with van der Waals surface area (Å²) in [4.78, 5) is 25.5. The zero-order valence-electron chi connectivity index (χ0n) is 25.8. The van der Waals surface area contributed by atoms with E-state index in [0.29, 0.717) is 39.9 Å². The minimum Gasteiger partial charge on any atom is -0.494 e. The van der Waals surface area contributed by atoms with Gasteiger partial charge in [0.2, 0.25) is 0 Å². The van der Waals surface area contributed by atoms with Crippen molar-refractivity contribution in [1.29, 1.82) is 0 Å². The third-order valence-electron chi connectivity index (χ3n) is 7.78. The molecule has 232 valence electrons. The predicted molar refractivity (Wildman–Crippen MR) is 183 cm³/mol. The van der Waals surface area contributed by atoms with Crippen LogP contribution in [0.2, 0.25) is 10.0 Å². The Morgan fingerprint density at radius 1 is 0.614 bits per heavy atom. The van der Waals surface area contributed by atoms with Crippen LogP contribution in [0.4, 0.5) is 0 Å². The Kier molecular flexibility index (Phi) is 13.1. The van der Waals surface area contributed by atoms with E-state index in [-0.39, 0.29) is 17.1 Å². The van der Waals surface area contributed by atoms with Gasteiger partial charge in [0, 0.05) is 27.3 Å². The van der Waals surface area contributed by atoms with E-state index in [4.69, 9.17) is 32.7 Å². The molecule has 6 heteroatoms. The lowest BCUT2D eigenvalue weighted by Gasteiger charge is -2.20. The summed E-state index contributed by atoms with van der Waals surface area (Å²) < 4.78 is 11.9. The van der Waals surface area contributed by atoms with E-state index < -0.39 is 0 Å². The maximum Gasteiger partial charge on any atom is 0.186 e. The van der Waals surface area contributed by atoms with Crippen LogP contribution < -0.4 is 9.47 Å². The number of ketones is 2. The van der Waals surface area contributed by atoms with Crippen LogP contribution in [0.25, 0.3) is 27.8 Å². The number of unbranched alkanes of at least 4 members (excludes halogenated alkanes) is 8. The van der Waals surface area contributed by atoms with Crippen molar-refractivity contribution in [3.8, 4) is 33.8 Å². The van der Waals surface area contributed by atoms with Gasteiger partial charge in [-0.1, -0.05) is 113 Å². The summed E-state index contributed by atoms with van der Waals surface area (Å²) >= 11 is 14.1. The molecule has 3 aromatic carbocycles. The lowest BCUT2D eigenvalue weighted by molar-refractivity contribution is -0.113. The van der Waals surface area contributed by atoms with E-state index in [0.717, 1.165) is 48.3 Å². The molecule has 4 rings (SSSR count). The van der Waals surface area contributed by atoms with Crippen LogP contribution in [0.5, 0.6) is 11.5 Å². The molecule has 0 aromatic heterocycles. The highest BCUT2D eigenvalue weighted by Gasteiger charge is 2.26. The highest BCUT2D eigenvalue weighted by molar-refractivity contribution is 6.44. The van der Waals surface area contributed by atoms with Crippen molar-refractivity contribution in [1.82, 2.24) is 0 Å². The highest BCUT2D eigenvalue weighted by Crippen LogP contribution is 2.46. The Labute approximate surface area is 272 Å². The second-order valence-electron chi connectivity index (χ2n) is 11.2. The van der Waals surface area contributed by atoms with Crippen LogP contribution in [0.3, 0.4) is 0 Å².